The Morgan fingerprint density at radius 2 is 2.17 bits per heavy atom. The van der Waals surface area contributed by atoms with Gasteiger partial charge in [0, 0.05) is 25.7 Å². The molecule has 1 saturated heterocycles. The summed E-state index contributed by atoms with van der Waals surface area (Å²) < 4.78 is 0. The molecule has 1 unspecified atom stereocenters. The molecule has 1 aromatic carbocycles. The average molecular weight is 248 g/mol. The van der Waals surface area contributed by atoms with Crippen LogP contribution in [0.25, 0.3) is 0 Å². The minimum atomic E-state index is -1.38. The first-order valence-corrected chi connectivity index (χ1v) is 6.40. The number of benzene rings is 1. The van der Waals surface area contributed by atoms with E-state index in [4.69, 9.17) is 10.0 Å². The Balaban J connectivity index is 1.96. The molecule has 4 nitrogen and oxygen atoms in total. The van der Waals surface area contributed by atoms with Gasteiger partial charge in [-0.25, -0.2) is 0 Å². The molecule has 0 bridgehead atoms. The van der Waals surface area contributed by atoms with Crippen LogP contribution in [0.15, 0.2) is 24.3 Å². The Labute approximate surface area is 109 Å². The molecule has 0 aromatic heterocycles. The molecule has 2 N–H and O–H groups in total. The molecule has 1 aliphatic rings. The van der Waals surface area contributed by atoms with Crippen LogP contribution in [0.2, 0.25) is 0 Å². The van der Waals surface area contributed by atoms with E-state index in [0.717, 1.165) is 25.2 Å². The second-order valence-electron chi connectivity index (χ2n) is 5.26. The number of nitrogens with zero attached hydrogens (tertiary/aromatic N) is 2. The van der Waals surface area contributed by atoms with Crippen molar-refractivity contribution in [2.24, 2.45) is 0 Å². The van der Waals surface area contributed by atoms with Crippen LogP contribution in [0, 0.1) is 0 Å². The fraction of sp³-hybridized carbons (Fsp3) is 0.538. The second kappa shape index (κ2) is 5.84. The highest BCUT2D eigenvalue weighted by Gasteiger charge is 2.23. The summed E-state index contributed by atoms with van der Waals surface area (Å²) in [4.78, 5) is 4.68. The van der Waals surface area contributed by atoms with E-state index < -0.39 is 7.12 Å². The van der Waals surface area contributed by atoms with E-state index in [9.17, 15) is 0 Å². The minimum Gasteiger partial charge on any atom is -0.423 e. The van der Waals surface area contributed by atoms with Gasteiger partial charge >= 0.3 is 7.12 Å². The van der Waals surface area contributed by atoms with E-state index >= 15 is 0 Å². The van der Waals surface area contributed by atoms with Crippen LogP contribution in [-0.4, -0.2) is 60.2 Å². The van der Waals surface area contributed by atoms with Crippen molar-refractivity contribution in [3.63, 3.8) is 0 Å². The van der Waals surface area contributed by atoms with Crippen LogP contribution in [0.4, 0.5) is 0 Å². The highest BCUT2D eigenvalue weighted by Crippen LogP contribution is 2.15. The SMILES string of the molecule is CN(C)C1CCN(Cc2cccc(B(O)O)c2)C1. The van der Waals surface area contributed by atoms with Crippen molar-refractivity contribution in [1.82, 2.24) is 9.80 Å². The normalized spacial score (nSPS) is 20.6. The molecule has 1 atom stereocenters. The maximum Gasteiger partial charge on any atom is 0.488 e. The molecule has 1 aromatic rings. The van der Waals surface area contributed by atoms with E-state index in [2.05, 4.69) is 23.9 Å². The average Bonchev–Trinajstić information content (AvgIpc) is 2.78. The standard InChI is InChI=1S/C13H21BN2O2/c1-15(2)13-6-7-16(10-13)9-11-4-3-5-12(8-11)14(17)18/h3-5,8,13,17-18H,6-7,9-10H2,1-2H3. The van der Waals surface area contributed by atoms with Crippen LogP contribution in [0.5, 0.6) is 0 Å². The molecule has 98 valence electrons. The van der Waals surface area contributed by atoms with Crippen molar-refractivity contribution in [1.29, 1.82) is 0 Å². The van der Waals surface area contributed by atoms with Gasteiger partial charge in [0.15, 0.2) is 0 Å². The van der Waals surface area contributed by atoms with Gasteiger partial charge in [0.25, 0.3) is 0 Å². The van der Waals surface area contributed by atoms with E-state index in [1.165, 1.54) is 6.42 Å². The van der Waals surface area contributed by atoms with Gasteiger partial charge in [0.05, 0.1) is 0 Å². The summed E-state index contributed by atoms with van der Waals surface area (Å²) >= 11 is 0. The summed E-state index contributed by atoms with van der Waals surface area (Å²) in [7, 11) is 2.87. The van der Waals surface area contributed by atoms with Crippen molar-refractivity contribution >= 4 is 12.6 Å². The molecular formula is C13H21BN2O2. The highest BCUT2D eigenvalue weighted by molar-refractivity contribution is 6.58. The lowest BCUT2D eigenvalue weighted by atomic mass is 9.79. The van der Waals surface area contributed by atoms with Crippen LogP contribution in [0.1, 0.15) is 12.0 Å². The van der Waals surface area contributed by atoms with Gasteiger partial charge in [0.1, 0.15) is 0 Å². The zero-order chi connectivity index (χ0) is 13.1. The molecule has 0 amide bonds. The molecule has 0 saturated carbocycles. The maximum absolute atomic E-state index is 9.16. The van der Waals surface area contributed by atoms with Crippen molar-refractivity contribution < 1.29 is 10.0 Å². The molecule has 5 heteroatoms. The van der Waals surface area contributed by atoms with E-state index in [0.29, 0.717) is 11.5 Å². The largest absolute Gasteiger partial charge is 0.488 e. The van der Waals surface area contributed by atoms with Crippen molar-refractivity contribution in [2.75, 3.05) is 27.2 Å². The number of likely N-dealkylation sites (N-methyl/N-ethyl adjacent to an activating group) is 1. The lowest BCUT2D eigenvalue weighted by Crippen LogP contribution is -2.32. The Kier molecular flexibility index (Phi) is 4.40. The zero-order valence-corrected chi connectivity index (χ0v) is 11.1. The summed E-state index contributed by atoms with van der Waals surface area (Å²) in [6.45, 7) is 3.07. The molecule has 0 spiro atoms. The third kappa shape index (κ3) is 3.33. The van der Waals surface area contributed by atoms with Gasteiger partial charge in [-0.3, -0.25) is 4.90 Å². The van der Waals surface area contributed by atoms with E-state index in [1.807, 2.05) is 18.2 Å². The summed E-state index contributed by atoms with van der Waals surface area (Å²) in [5, 5.41) is 18.3. The van der Waals surface area contributed by atoms with Gasteiger partial charge in [-0.1, -0.05) is 24.3 Å². The van der Waals surface area contributed by atoms with E-state index in [1.54, 1.807) is 6.07 Å². The quantitative estimate of drug-likeness (QED) is 0.705. The van der Waals surface area contributed by atoms with Gasteiger partial charge < -0.3 is 14.9 Å². The van der Waals surface area contributed by atoms with Crippen LogP contribution in [-0.2, 0) is 6.54 Å². The van der Waals surface area contributed by atoms with Gasteiger partial charge in [0.2, 0.25) is 0 Å². The Morgan fingerprint density at radius 3 is 2.78 bits per heavy atom. The number of hydrogen-bond acceptors (Lipinski definition) is 4. The van der Waals surface area contributed by atoms with Gasteiger partial charge in [-0.05, 0) is 31.5 Å². The van der Waals surface area contributed by atoms with Crippen molar-refractivity contribution in [3.8, 4) is 0 Å². The predicted octanol–water partition coefficient (Wildman–Crippen LogP) is -0.498. The van der Waals surface area contributed by atoms with Crippen LogP contribution >= 0.6 is 0 Å². The van der Waals surface area contributed by atoms with E-state index in [-0.39, 0.29) is 0 Å². The zero-order valence-electron chi connectivity index (χ0n) is 11.1. The summed E-state index contributed by atoms with van der Waals surface area (Å²) in [6, 6.07) is 8.16. The minimum absolute atomic E-state index is 0.566. The highest BCUT2D eigenvalue weighted by atomic mass is 16.4. The molecule has 0 radical (unpaired) electrons. The third-order valence-electron chi connectivity index (χ3n) is 3.63. The first-order valence-electron chi connectivity index (χ1n) is 6.40. The number of hydrogen-bond donors (Lipinski definition) is 2. The smallest absolute Gasteiger partial charge is 0.423 e. The molecular weight excluding hydrogens is 227 g/mol. The lowest BCUT2D eigenvalue weighted by Gasteiger charge is -2.20. The van der Waals surface area contributed by atoms with Crippen LogP contribution in [0.3, 0.4) is 0 Å². The topological polar surface area (TPSA) is 46.9 Å². The molecule has 1 aliphatic heterocycles. The van der Waals surface area contributed by atoms with Crippen LogP contribution < -0.4 is 5.46 Å². The fourth-order valence-corrected chi connectivity index (χ4v) is 2.49. The molecule has 1 heterocycles. The fourth-order valence-electron chi connectivity index (χ4n) is 2.49. The molecule has 2 rings (SSSR count). The Hall–Kier alpha value is -0.875. The predicted molar refractivity (Wildman–Crippen MR) is 73.6 cm³/mol. The summed E-state index contributed by atoms with van der Waals surface area (Å²) in [5.41, 5.74) is 1.70. The summed E-state index contributed by atoms with van der Waals surface area (Å²) in [5.74, 6) is 0. The monoisotopic (exact) mass is 248 g/mol. The Bertz CT molecular complexity index is 398. The van der Waals surface area contributed by atoms with Crippen molar-refractivity contribution in [2.45, 2.75) is 19.0 Å². The number of rotatable bonds is 4. The van der Waals surface area contributed by atoms with Gasteiger partial charge in [-0.2, -0.15) is 0 Å². The summed E-state index contributed by atoms with van der Waals surface area (Å²) in [6.07, 6.45) is 1.20. The lowest BCUT2D eigenvalue weighted by molar-refractivity contribution is 0.264. The first kappa shape index (κ1) is 13.6. The maximum atomic E-state index is 9.16. The second-order valence-corrected chi connectivity index (χ2v) is 5.26. The first-order chi connectivity index (χ1) is 8.56. The number of likely N-dealkylation sites (tertiary alicyclic amines) is 1. The Morgan fingerprint density at radius 1 is 1.39 bits per heavy atom. The third-order valence-corrected chi connectivity index (χ3v) is 3.63. The molecule has 0 aliphatic carbocycles. The molecule has 1 fully saturated rings. The van der Waals surface area contributed by atoms with Crippen molar-refractivity contribution in [3.05, 3.63) is 29.8 Å². The molecule has 18 heavy (non-hydrogen) atoms. The van der Waals surface area contributed by atoms with Gasteiger partial charge in [-0.15, -0.1) is 0 Å².